The summed E-state index contributed by atoms with van der Waals surface area (Å²) in [6.07, 6.45) is 0. The van der Waals surface area contributed by atoms with Crippen LogP contribution >= 0.6 is 22.9 Å². The van der Waals surface area contributed by atoms with Gasteiger partial charge in [0.15, 0.2) is 11.7 Å². The number of halogens is 1. The smallest absolute Gasteiger partial charge is 0.260 e. The lowest BCUT2D eigenvalue weighted by Gasteiger charge is -2.34. The largest absolute Gasteiger partial charge is 0.484 e. The molecule has 30 heavy (non-hydrogen) atoms. The SMILES string of the molecule is Cc1c(Cl)ccc2sc(N3CCN(C(=O)COc4ccc(C(C)C)cc4)CC3)nc12. The highest BCUT2D eigenvalue weighted by atomic mass is 35.5. The molecular formula is C23H26ClN3O2S. The molecule has 0 atom stereocenters. The van der Waals surface area contributed by atoms with Crippen LogP contribution in [0.25, 0.3) is 10.2 Å². The van der Waals surface area contributed by atoms with Crippen molar-refractivity contribution in [3.05, 3.63) is 52.5 Å². The fourth-order valence-corrected chi connectivity index (χ4v) is 4.79. The molecule has 0 spiro atoms. The van der Waals surface area contributed by atoms with Gasteiger partial charge in [-0.15, -0.1) is 0 Å². The highest BCUT2D eigenvalue weighted by Gasteiger charge is 2.23. The molecule has 0 bridgehead atoms. The molecule has 1 fully saturated rings. The maximum atomic E-state index is 12.6. The zero-order chi connectivity index (χ0) is 21.3. The lowest BCUT2D eigenvalue weighted by molar-refractivity contribution is -0.133. The van der Waals surface area contributed by atoms with Crippen molar-refractivity contribution < 1.29 is 9.53 Å². The Kier molecular flexibility index (Phi) is 6.16. The number of nitrogens with zero attached hydrogens (tertiary/aromatic N) is 3. The van der Waals surface area contributed by atoms with Gasteiger partial charge in [-0.05, 0) is 48.2 Å². The predicted molar refractivity (Wildman–Crippen MR) is 124 cm³/mol. The van der Waals surface area contributed by atoms with Crippen LogP contribution in [0.15, 0.2) is 36.4 Å². The quantitative estimate of drug-likeness (QED) is 0.549. The molecule has 1 aliphatic heterocycles. The number of hydrogen-bond donors (Lipinski definition) is 0. The van der Waals surface area contributed by atoms with Gasteiger partial charge in [0, 0.05) is 31.2 Å². The van der Waals surface area contributed by atoms with Gasteiger partial charge in [-0.25, -0.2) is 4.98 Å². The van der Waals surface area contributed by atoms with Gasteiger partial charge in [-0.3, -0.25) is 4.79 Å². The number of ether oxygens (including phenoxy) is 1. The minimum Gasteiger partial charge on any atom is -0.484 e. The van der Waals surface area contributed by atoms with E-state index in [0.29, 0.717) is 19.0 Å². The zero-order valence-corrected chi connectivity index (χ0v) is 19.1. The van der Waals surface area contributed by atoms with Gasteiger partial charge in [0.05, 0.1) is 10.2 Å². The summed E-state index contributed by atoms with van der Waals surface area (Å²) in [4.78, 5) is 21.5. The summed E-state index contributed by atoms with van der Waals surface area (Å²) in [5, 5.41) is 1.73. The number of aromatic nitrogens is 1. The van der Waals surface area contributed by atoms with E-state index in [2.05, 4.69) is 30.9 Å². The van der Waals surface area contributed by atoms with Crippen molar-refractivity contribution in [2.24, 2.45) is 0 Å². The molecular weight excluding hydrogens is 418 g/mol. The van der Waals surface area contributed by atoms with Gasteiger partial charge in [-0.2, -0.15) is 0 Å². The second-order valence-corrected chi connectivity index (χ2v) is 9.31. The Labute approximate surface area is 186 Å². The van der Waals surface area contributed by atoms with E-state index in [1.165, 1.54) is 5.56 Å². The normalized spacial score (nSPS) is 14.6. The van der Waals surface area contributed by atoms with Crippen LogP contribution in [0.5, 0.6) is 5.75 Å². The average molecular weight is 444 g/mol. The molecule has 2 heterocycles. The van der Waals surface area contributed by atoms with Crippen LogP contribution < -0.4 is 9.64 Å². The molecule has 3 aromatic rings. The summed E-state index contributed by atoms with van der Waals surface area (Å²) in [6, 6.07) is 11.9. The summed E-state index contributed by atoms with van der Waals surface area (Å²) in [7, 11) is 0. The number of aryl methyl sites for hydroxylation is 1. The van der Waals surface area contributed by atoms with Crippen molar-refractivity contribution in [3.63, 3.8) is 0 Å². The third kappa shape index (κ3) is 4.40. The fourth-order valence-electron chi connectivity index (χ4n) is 3.56. The maximum Gasteiger partial charge on any atom is 0.260 e. The van der Waals surface area contributed by atoms with Crippen LogP contribution in [0.1, 0.15) is 30.9 Å². The first-order chi connectivity index (χ1) is 14.4. The van der Waals surface area contributed by atoms with Gasteiger partial charge in [-0.1, -0.05) is 48.9 Å². The van der Waals surface area contributed by atoms with E-state index in [4.69, 9.17) is 21.3 Å². The van der Waals surface area contributed by atoms with Crippen LogP contribution in [0.2, 0.25) is 5.02 Å². The van der Waals surface area contributed by atoms with E-state index in [1.807, 2.05) is 36.1 Å². The lowest BCUT2D eigenvalue weighted by atomic mass is 10.0. The third-order valence-corrected chi connectivity index (χ3v) is 7.04. The molecule has 0 N–H and O–H groups in total. The zero-order valence-electron chi connectivity index (χ0n) is 17.5. The molecule has 1 aliphatic rings. The summed E-state index contributed by atoms with van der Waals surface area (Å²) >= 11 is 7.90. The molecule has 0 radical (unpaired) electrons. The number of benzene rings is 2. The van der Waals surface area contributed by atoms with Crippen molar-refractivity contribution in [2.75, 3.05) is 37.7 Å². The second-order valence-electron chi connectivity index (χ2n) is 7.90. The summed E-state index contributed by atoms with van der Waals surface area (Å²) < 4.78 is 6.84. The Hall–Kier alpha value is -2.31. The number of thiazole rings is 1. The number of carbonyl (C=O) groups is 1. The highest BCUT2D eigenvalue weighted by Crippen LogP contribution is 2.33. The van der Waals surface area contributed by atoms with Crippen molar-refractivity contribution in [1.82, 2.24) is 9.88 Å². The fraction of sp³-hybridized carbons (Fsp3) is 0.391. The van der Waals surface area contributed by atoms with Gasteiger partial charge in [0.25, 0.3) is 5.91 Å². The van der Waals surface area contributed by atoms with Gasteiger partial charge >= 0.3 is 0 Å². The molecule has 0 aliphatic carbocycles. The molecule has 0 saturated carbocycles. The maximum absolute atomic E-state index is 12.6. The first kappa shape index (κ1) is 20.9. The van der Waals surface area contributed by atoms with E-state index in [9.17, 15) is 4.79 Å². The van der Waals surface area contributed by atoms with Crippen LogP contribution in [0.3, 0.4) is 0 Å². The minimum atomic E-state index is 0.0227. The third-order valence-electron chi connectivity index (χ3n) is 5.55. The highest BCUT2D eigenvalue weighted by molar-refractivity contribution is 7.22. The summed E-state index contributed by atoms with van der Waals surface area (Å²) in [5.41, 5.74) is 3.25. The average Bonchev–Trinajstić information content (AvgIpc) is 3.20. The van der Waals surface area contributed by atoms with Crippen LogP contribution in [0.4, 0.5) is 5.13 Å². The Balaban J connectivity index is 1.32. The van der Waals surface area contributed by atoms with Gasteiger partial charge in [0.1, 0.15) is 5.75 Å². The standard InChI is InChI=1S/C23H26ClN3O2S/c1-15(2)17-4-6-18(7-5-17)29-14-21(28)26-10-12-27(13-11-26)23-25-22-16(3)19(24)8-9-20(22)30-23/h4-9,15H,10-14H2,1-3H3. The first-order valence-electron chi connectivity index (χ1n) is 10.2. The van der Waals surface area contributed by atoms with E-state index < -0.39 is 0 Å². The molecule has 7 heteroatoms. The van der Waals surface area contributed by atoms with E-state index in [1.54, 1.807) is 11.3 Å². The number of hydrogen-bond acceptors (Lipinski definition) is 5. The Morgan fingerprint density at radius 3 is 2.50 bits per heavy atom. The number of amides is 1. The van der Waals surface area contributed by atoms with E-state index in [-0.39, 0.29) is 12.5 Å². The number of piperazine rings is 1. The van der Waals surface area contributed by atoms with Crippen molar-refractivity contribution in [2.45, 2.75) is 26.7 Å². The van der Waals surface area contributed by atoms with E-state index in [0.717, 1.165) is 44.8 Å². The van der Waals surface area contributed by atoms with Crippen molar-refractivity contribution in [1.29, 1.82) is 0 Å². The number of anilines is 1. The molecule has 158 valence electrons. The molecule has 1 aromatic heterocycles. The monoisotopic (exact) mass is 443 g/mol. The van der Waals surface area contributed by atoms with Crippen LogP contribution in [0, 0.1) is 6.92 Å². The molecule has 0 unspecified atom stereocenters. The van der Waals surface area contributed by atoms with Gasteiger partial charge in [0.2, 0.25) is 0 Å². The first-order valence-corrected chi connectivity index (χ1v) is 11.4. The number of rotatable bonds is 5. The molecule has 1 saturated heterocycles. The molecule has 1 amide bonds. The van der Waals surface area contributed by atoms with E-state index >= 15 is 0 Å². The summed E-state index contributed by atoms with van der Waals surface area (Å²) in [6.45, 7) is 9.26. The number of fused-ring (bicyclic) bond motifs is 1. The topological polar surface area (TPSA) is 45.7 Å². The van der Waals surface area contributed by atoms with Crippen molar-refractivity contribution >= 4 is 44.2 Å². The lowest BCUT2D eigenvalue weighted by Crippen LogP contribution is -2.50. The second kappa shape index (κ2) is 8.82. The molecule has 4 rings (SSSR count). The number of carbonyl (C=O) groups excluding carboxylic acids is 1. The Morgan fingerprint density at radius 2 is 1.83 bits per heavy atom. The minimum absolute atomic E-state index is 0.0227. The predicted octanol–water partition coefficient (Wildman–Crippen LogP) is 5.11. The summed E-state index contributed by atoms with van der Waals surface area (Å²) in [5.74, 6) is 1.23. The Bertz CT molecular complexity index is 1040. The molecule has 2 aromatic carbocycles. The van der Waals surface area contributed by atoms with Gasteiger partial charge < -0.3 is 14.5 Å². The van der Waals surface area contributed by atoms with Crippen LogP contribution in [-0.2, 0) is 4.79 Å². The Morgan fingerprint density at radius 1 is 1.13 bits per heavy atom. The van der Waals surface area contributed by atoms with Crippen LogP contribution in [-0.4, -0.2) is 48.6 Å². The molecule has 5 nitrogen and oxygen atoms in total. The van der Waals surface area contributed by atoms with Crippen molar-refractivity contribution in [3.8, 4) is 5.75 Å².